The van der Waals surface area contributed by atoms with E-state index in [1.54, 1.807) is 16.7 Å². The van der Waals surface area contributed by atoms with Gasteiger partial charge < -0.3 is 38.7 Å². The normalized spacial score (nSPS) is 22.2. The molecule has 3 rings (SSSR count). The van der Waals surface area contributed by atoms with Gasteiger partial charge >= 0.3 is 23.9 Å². The molecule has 14 nitrogen and oxygen atoms in total. The molecule has 222 valence electrons. The van der Waals surface area contributed by atoms with Crippen LogP contribution in [-0.4, -0.2) is 75.9 Å². The largest absolute Gasteiger partial charge is 0.493 e. The van der Waals surface area contributed by atoms with E-state index in [2.05, 4.69) is 15.5 Å². The monoisotopic (exact) mass is 592 g/mol. The van der Waals surface area contributed by atoms with Crippen LogP contribution in [0.4, 0.5) is 5.69 Å². The summed E-state index contributed by atoms with van der Waals surface area (Å²) in [5, 5.41) is 22.1. The number of hydrogen-bond donors (Lipinski definition) is 2. The highest BCUT2D eigenvalue weighted by Gasteiger charge is 2.52. The number of carbonyl (C=O) groups excluding carboxylic acids is 4. The molecular weight excluding hydrogens is 560 g/mol. The van der Waals surface area contributed by atoms with Gasteiger partial charge in [-0.2, -0.15) is 0 Å². The zero-order valence-corrected chi connectivity index (χ0v) is 24.0. The number of aromatic hydroxyl groups is 1. The molecule has 15 heteroatoms. The van der Waals surface area contributed by atoms with E-state index in [0.717, 1.165) is 32.7 Å². The maximum absolute atomic E-state index is 12.0. The number of aryl methyl sites for hydroxylation is 1. The zero-order valence-electron chi connectivity index (χ0n) is 23.2. The van der Waals surface area contributed by atoms with Crippen molar-refractivity contribution in [2.75, 3.05) is 6.61 Å². The molecule has 1 aliphatic heterocycles. The Morgan fingerprint density at radius 2 is 1.59 bits per heavy atom. The van der Waals surface area contributed by atoms with Crippen molar-refractivity contribution in [1.29, 1.82) is 0 Å². The number of benzene rings is 1. The minimum Gasteiger partial charge on any atom is -0.493 e. The second kappa shape index (κ2) is 14.0. The van der Waals surface area contributed by atoms with E-state index in [1.165, 1.54) is 6.92 Å². The number of azo groups is 1. The summed E-state index contributed by atoms with van der Waals surface area (Å²) in [5.41, 5.74) is 0.957. The number of ether oxygens (including phenoxy) is 5. The van der Waals surface area contributed by atoms with Crippen LogP contribution in [0.2, 0.25) is 0 Å². The van der Waals surface area contributed by atoms with Crippen molar-refractivity contribution < 1.29 is 48.0 Å². The first-order valence-electron chi connectivity index (χ1n) is 12.8. The molecule has 2 aromatic rings. The molecule has 0 bridgehead atoms. The number of thiocarbonyl (C=S) groups is 1. The third kappa shape index (κ3) is 7.98. The van der Waals surface area contributed by atoms with Crippen LogP contribution in [0, 0.1) is 0 Å². The molecule has 2 N–H and O–H groups in total. The lowest BCUT2D eigenvalue weighted by atomic mass is 9.97. The molecule has 0 amide bonds. The zero-order chi connectivity index (χ0) is 30.3. The second-order valence-corrected chi connectivity index (χ2v) is 9.50. The van der Waals surface area contributed by atoms with Gasteiger partial charge in [0.2, 0.25) is 11.0 Å². The number of aromatic nitrogens is 1. The first-order valence-corrected chi connectivity index (χ1v) is 13.2. The van der Waals surface area contributed by atoms with Gasteiger partial charge in [0.1, 0.15) is 12.7 Å². The first-order chi connectivity index (χ1) is 19.4. The molecule has 5 atom stereocenters. The highest BCUT2D eigenvalue weighted by molar-refractivity contribution is 7.80. The van der Waals surface area contributed by atoms with Crippen molar-refractivity contribution in [2.45, 2.75) is 78.2 Å². The van der Waals surface area contributed by atoms with Gasteiger partial charge in [-0.1, -0.05) is 25.1 Å². The summed E-state index contributed by atoms with van der Waals surface area (Å²) in [4.78, 5) is 47.4. The van der Waals surface area contributed by atoms with E-state index in [-0.39, 0.29) is 16.7 Å². The van der Waals surface area contributed by atoms with E-state index in [9.17, 15) is 24.3 Å². The summed E-state index contributed by atoms with van der Waals surface area (Å²) in [7, 11) is 0. The third-order valence-corrected chi connectivity index (χ3v) is 6.06. The van der Waals surface area contributed by atoms with E-state index < -0.39 is 61.1 Å². The number of nitrogens with zero attached hydrogens (tertiary/aromatic N) is 3. The summed E-state index contributed by atoms with van der Waals surface area (Å²) in [5.74, 6) is -3.01. The fourth-order valence-corrected chi connectivity index (χ4v) is 4.57. The van der Waals surface area contributed by atoms with Crippen molar-refractivity contribution in [3.63, 3.8) is 0 Å². The number of para-hydroxylation sites is 1. The van der Waals surface area contributed by atoms with E-state index in [1.807, 2.05) is 19.1 Å². The van der Waals surface area contributed by atoms with Crippen LogP contribution in [0.5, 0.6) is 5.88 Å². The third-order valence-electron chi connectivity index (χ3n) is 5.86. The molecule has 2 heterocycles. The van der Waals surface area contributed by atoms with Crippen LogP contribution in [0.15, 0.2) is 34.5 Å². The number of carbonyl (C=O) groups is 4. The average Bonchev–Trinajstić information content (AvgIpc) is 3.15. The molecular formula is C26H32N4O10S. The molecule has 1 fully saturated rings. The Morgan fingerprint density at radius 3 is 2.20 bits per heavy atom. The number of esters is 4. The Kier molecular flexibility index (Phi) is 10.7. The van der Waals surface area contributed by atoms with Crippen LogP contribution in [-0.2, 0) is 49.4 Å². The van der Waals surface area contributed by atoms with Gasteiger partial charge in [0.05, 0.1) is 5.52 Å². The molecule has 1 aliphatic rings. The van der Waals surface area contributed by atoms with Gasteiger partial charge in [0.25, 0.3) is 0 Å². The fourth-order valence-electron chi connectivity index (χ4n) is 4.41. The van der Waals surface area contributed by atoms with Crippen LogP contribution in [0.25, 0.3) is 10.9 Å². The van der Waals surface area contributed by atoms with Gasteiger partial charge in [-0.3, -0.25) is 19.2 Å². The molecule has 1 aromatic carbocycles. The van der Waals surface area contributed by atoms with Crippen molar-refractivity contribution >= 4 is 57.8 Å². The van der Waals surface area contributed by atoms with Crippen LogP contribution >= 0.6 is 12.2 Å². The van der Waals surface area contributed by atoms with Crippen molar-refractivity contribution in [1.82, 2.24) is 9.88 Å². The van der Waals surface area contributed by atoms with Crippen molar-refractivity contribution in [3.05, 3.63) is 24.3 Å². The van der Waals surface area contributed by atoms with Crippen LogP contribution in [0.1, 0.15) is 41.0 Å². The Bertz CT molecular complexity index is 1340. The van der Waals surface area contributed by atoms with Crippen molar-refractivity contribution in [3.8, 4) is 5.88 Å². The molecule has 1 aromatic heterocycles. The van der Waals surface area contributed by atoms with E-state index >= 15 is 0 Å². The van der Waals surface area contributed by atoms with Crippen LogP contribution in [0.3, 0.4) is 0 Å². The van der Waals surface area contributed by atoms with Gasteiger partial charge in [-0.25, -0.2) is 0 Å². The Morgan fingerprint density at radius 1 is 0.976 bits per heavy atom. The Balaban J connectivity index is 1.94. The smallest absolute Gasteiger partial charge is 0.303 e. The quantitative estimate of drug-likeness (QED) is 0.189. The SMILES string of the molecule is CCCn1c(O)c(N=NC(=S)N[C@@H]2O[C@H](COC(C)=O)[C@@H](OC(C)=O)[C@H](OC(C)=O)[C@H]2OC(C)=O)c2ccccc21. The minimum absolute atomic E-state index is 0.0908. The van der Waals surface area contributed by atoms with Crippen molar-refractivity contribution in [2.24, 2.45) is 10.2 Å². The van der Waals surface area contributed by atoms with E-state index in [0.29, 0.717) is 11.9 Å². The summed E-state index contributed by atoms with van der Waals surface area (Å²) >= 11 is 5.34. The highest BCUT2D eigenvalue weighted by atomic mass is 32.1. The predicted molar refractivity (Wildman–Crippen MR) is 146 cm³/mol. The second-order valence-electron chi connectivity index (χ2n) is 9.11. The molecule has 41 heavy (non-hydrogen) atoms. The molecule has 1 saturated heterocycles. The number of nitrogens with one attached hydrogen (secondary N) is 1. The summed E-state index contributed by atoms with van der Waals surface area (Å²) in [6.45, 7) is 6.68. The standard InChI is InChI=1S/C26H32N4O10S/c1-6-11-30-18-10-8-7-9-17(18)20(25(30)35)28-29-26(41)27-24-23(39-16(5)34)22(38-15(4)33)21(37-14(3)32)19(40-24)12-36-13(2)31/h7-10,19,21-24,35H,6,11-12H2,1-5H3,(H,27,41)/t19-,21-,22+,23-,24-/m1/s1. The van der Waals surface area contributed by atoms with E-state index in [4.69, 9.17) is 35.9 Å². The Labute approximate surface area is 240 Å². The Hall–Kier alpha value is -4.11. The highest BCUT2D eigenvalue weighted by Crippen LogP contribution is 2.39. The van der Waals surface area contributed by atoms with Gasteiger partial charge in [-0.05, 0) is 24.7 Å². The van der Waals surface area contributed by atoms with Crippen LogP contribution < -0.4 is 5.32 Å². The predicted octanol–water partition coefficient (Wildman–Crippen LogP) is 2.80. The first kappa shape index (κ1) is 31.4. The molecule has 0 aliphatic carbocycles. The van der Waals surface area contributed by atoms with Gasteiger partial charge in [0, 0.05) is 39.6 Å². The molecule has 0 radical (unpaired) electrons. The molecule has 0 unspecified atom stereocenters. The van der Waals surface area contributed by atoms with Gasteiger partial charge in [-0.15, -0.1) is 10.2 Å². The number of fused-ring (bicyclic) bond motifs is 1. The summed E-state index contributed by atoms with van der Waals surface area (Å²) in [6, 6.07) is 7.26. The maximum Gasteiger partial charge on any atom is 0.303 e. The molecule has 0 spiro atoms. The lowest BCUT2D eigenvalue weighted by Crippen LogP contribution is -2.66. The topological polar surface area (TPSA) is 176 Å². The maximum atomic E-state index is 12.0. The summed E-state index contributed by atoms with van der Waals surface area (Å²) in [6.07, 6.45) is -5.75. The summed E-state index contributed by atoms with van der Waals surface area (Å²) < 4.78 is 28.9. The number of hydrogen-bond acceptors (Lipinski definition) is 12. The lowest BCUT2D eigenvalue weighted by Gasteiger charge is -2.44. The molecule has 0 saturated carbocycles. The fraction of sp³-hybridized carbons (Fsp3) is 0.500. The number of rotatable bonds is 9. The lowest BCUT2D eigenvalue weighted by molar-refractivity contribution is -0.254. The van der Waals surface area contributed by atoms with Gasteiger partial charge in [0.15, 0.2) is 30.2 Å². The average molecular weight is 593 g/mol. The minimum atomic E-state index is -1.37.